The van der Waals surface area contributed by atoms with Gasteiger partial charge in [-0.25, -0.2) is 0 Å². The number of carbonyl (C=O) groups is 3. The topological polar surface area (TPSA) is 60.4 Å². The summed E-state index contributed by atoms with van der Waals surface area (Å²) >= 11 is 0. The molecule has 4 nitrogen and oxygen atoms in total. The Labute approximate surface area is 162 Å². The Morgan fingerprint density at radius 3 is 2.37 bits per heavy atom. The summed E-state index contributed by atoms with van der Waals surface area (Å²) in [6.45, 7) is 7.58. The van der Waals surface area contributed by atoms with Crippen LogP contribution in [0.4, 0.5) is 0 Å². The molecule has 0 saturated heterocycles. The van der Waals surface area contributed by atoms with Gasteiger partial charge in [-0.2, -0.15) is 0 Å². The highest BCUT2D eigenvalue weighted by molar-refractivity contribution is 5.91. The third-order valence-electron chi connectivity index (χ3n) is 8.97. The predicted octanol–water partition coefficient (Wildman–Crippen LogP) is 4.41. The van der Waals surface area contributed by atoms with Crippen molar-refractivity contribution in [3.8, 4) is 0 Å². The SMILES string of the molecule is CC(=O)O[C@@]1(C(C)=O)CC[C@@H]2[C@H]3CCC4=CC(=O)CC[C@]4(C)[C@@H]3CC[C@]21C. The highest BCUT2D eigenvalue weighted by Gasteiger charge is 2.67. The molecule has 0 aliphatic heterocycles. The van der Waals surface area contributed by atoms with E-state index in [0.717, 1.165) is 38.5 Å². The molecule has 0 bridgehead atoms. The molecule has 0 amide bonds. The van der Waals surface area contributed by atoms with E-state index in [2.05, 4.69) is 13.8 Å². The van der Waals surface area contributed by atoms with E-state index >= 15 is 0 Å². The van der Waals surface area contributed by atoms with Crippen LogP contribution in [0.2, 0.25) is 0 Å². The highest BCUT2D eigenvalue weighted by atomic mass is 16.6. The monoisotopic (exact) mass is 372 g/mol. The van der Waals surface area contributed by atoms with Crippen molar-refractivity contribution in [2.45, 2.75) is 84.7 Å². The second-order valence-electron chi connectivity index (χ2n) is 9.94. The second kappa shape index (κ2) is 6.02. The zero-order valence-corrected chi connectivity index (χ0v) is 17.1. The van der Waals surface area contributed by atoms with Crippen molar-refractivity contribution < 1.29 is 19.1 Å². The van der Waals surface area contributed by atoms with Crippen molar-refractivity contribution in [1.82, 2.24) is 0 Å². The van der Waals surface area contributed by atoms with Crippen LogP contribution in [0, 0.1) is 28.6 Å². The first kappa shape index (κ1) is 18.9. The number of allylic oxidation sites excluding steroid dienone is 1. The molecule has 0 aromatic rings. The molecule has 4 aliphatic carbocycles. The van der Waals surface area contributed by atoms with Crippen molar-refractivity contribution in [2.75, 3.05) is 0 Å². The first-order valence-corrected chi connectivity index (χ1v) is 10.6. The van der Waals surface area contributed by atoms with E-state index in [1.807, 2.05) is 6.08 Å². The standard InChI is InChI=1S/C23H32O4/c1-14(24)23(27-15(2)25)12-9-20-18-6-5-16-13-17(26)7-10-21(16,3)19(18)8-11-22(20,23)4/h13,18-20H,5-12H2,1-4H3/t18-,19+,20+,21-,22+,23+/m0/s1. The van der Waals surface area contributed by atoms with E-state index in [-0.39, 0.29) is 28.4 Å². The van der Waals surface area contributed by atoms with Gasteiger partial charge >= 0.3 is 5.97 Å². The Balaban J connectivity index is 1.70. The maximum atomic E-state index is 12.7. The number of Topliss-reactive ketones (excluding diaryl/α,β-unsaturated/α-hetero) is 1. The van der Waals surface area contributed by atoms with Gasteiger partial charge in [0.15, 0.2) is 17.2 Å². The Bertz CT molecular complexity index is 737. The summed E-state index contributed by atoms with van der Waals surface area (Å²) in [5.41, 5.74) is 0.266. The van der Waals surface area contributed by atoms with E-state index in [1.165, 1.54) is 12.5 Å². The number of ether oxygens (including phenoxy) is 1. The fourth-order valence-corrected chi connectivity index (χ4v) is 7.62. The number of hydrogen-bond acceptors (Lipinski definition) is 4. The lowest BCUT2D eigenvalue weighted by Crippen LogP contribution is -2.58. The molecule has 0 spiro atoms. The van der Waals surface area contributed by atoms with E-state index in [4.69, 9.17) is 4.74 Å². The van der Waals surface area contributed by atoms with Gasteiger partial charge in [0.2, 0.25) is 0 Å². The molecule has 148 valence electrons. The van der Waals surface area contributed by atoms with Crippen LogP contribution in [0.15, 0.2) is 11.6 Å². The summed E-state index contributed by atoms with van der Waals surface area (Å²) in [5, 5.41) is 0. The van der Waals surface area contributed by atoms with E-state index in [9.17, 15) is 14.4 Å². The summed E-state index contributed by atoms with van der Waals surface area (Å²) in [6.07, 6.45) is 9.23. The normalized spacial score (nSPS) is 46.0. The number of esters is 1. The predicted molar refractivity (Wildman–Crippen MR) is 102 cm³/mol. The number of hydrogen-bond donors (Lipinski definition) is 0. The molecule has 3 saturated carbocycles. The lowest BCUT2D eigenvalue weighted by atomic mass is 9.46. The Morgan fingerprint density at radius 1 is 1.00 bits per heavy atom. The van der Waals surface area contributed by atoms with Gasteiger partial charge in [-0.05, 0) is 81.1 Å². The maximum Gasteiger partial charge on any atom is 0.303 e. The van der Waals surface area contributed by atoms with Crippen LogP contribution in [-0.2, 0) is 19.1 Å². The van der Waals surface area contributed by atoms with Crippen LogP contribution in [0.5, 0.6) is 0 Å². The number of carbonyl (C=O) groups excluding carboxylic acids is 3. The molecule has 0 aromatic carbocycles. The first-order valence-electron chi connectivity index (χ1n) is 10.6. The van der Waals surface area contributed by atoms with Gasteiger partial charge in [0.25, 0.3) is 0 Å². The summed E-state index contributed by atoms with van der Waals surface area (Å²) in [6, 6.07) is 0. The highest BCUT2D eigenvalue weighted by Crippen LogP contribution is 2.68. The molecular formula is C23H32O4. The number of ketones is 2. The third-order valence-corrected chi connectivity index (χ3v) is 8.97. The van der Waals surface area contributed by atoms with E-state index in [1.54, 1.807) is 6.92 Å². The maximum absolute atomic E-state index is 12.7. The summed E-state index contributed by atoms with van der Waals surface area (Å²) < 4.78 is 5.81. The summed E-state index contributed by atoms with van der Waals surface area (Å²) in [5.74, 6) is 1.48. The molecule has 0 heterocycles. The van der Waals surface area contributed by atoms with Crippen molar-refractivity contribution in [3.63, 3.8) is 0 Å². The van der Waals surface area contributed by atoms with E-state index in [0.29, 0.717) is 30.6 Å². The largest absolute Gasteiger partial charge is 0.451 e. The molecule has 0 aromatic heterocycles. The average Bonchev–Trinajstić information content (AvgIpc) is 2.89. The molecule has 27 heavy (non-hydrogen) atoms. The number of rotatable bonds is 2. The Hall–Kier alpha value is -1.45. The molecule has 4 aliphatic rings. The fraction of sp³-hybridized carbons (Fsp3) is 0.783. The van der Waals surface area contributed by atoms with Crippen LogP contribution in [0.3, 0.4) is 0 Å². The summed E-state index contributed by atoms with van der Waals surface area (Å²) in [7, 11) is 0. The van der Waals surface area contributed by atoms with Gasteiger partial charge in [-0.15, -0.1) is 0 Å². The zero-order chi connectivity index (χ0) is 19.6. The van der Waals surface area contributed by atoms with Crippen LogP contribution >= 0.6 is 0 Å². The van der Waals surface area contributed by atoms with Crippen LogP contribution in [0.1, 0.15) is 79.1 Å². The van der Waals surface area contributed by atoms with Crippen molar-refractivity contribution in [1.29, 1.82) is 0 Å². The Kier molecular flexibility index (Phi) is 4.21. The molecule has 0 N–H and O–H groups in total. The van der Waals surface area contributed by atoms with Crippen LogP contribution in [-0.4, -0.2) is 23.1 Å². The minimum Gasteiger partial charge on any atom is -0.451 e. The fourth-order valence-electron chi connectivity index (χ4n) is 7.62. The number of fused-ring (bicyclic) bond motifs is 5. The molecule has 3 fully saturated rings. The smallest absolute Gasteiger partial charge is 0.303 e. The summed E-state index contributed by atoms with van der Waals surface area (Å²) in [4.78, 5) is 36.5. The quantitative estimate of drug-likeness (QED) is 0.674. The Morgan fingerprint density at radius 2 is 1.70 bits per heavy atom. The van der Waals surface area contributed by atoms with Gasteiger partial charge < -0.3 is 4.74 Å². The second-order valence-corrected chi connectivity index (χ2v) is 9.94. The lowest BCUT2D eigenvalue weighted by Gasteiger charge is -2.59. The lowest BCUT2D eigenvalue weighted by molar-refractivity contribution is -0.187. The van der Waals surface area contributed by atoms with Crippen molar-refractivity contribution in [3.05, 3.63) is 11.6 Å². The molecule has 0 radical (unpaired) electrons. The average molecular weight is 373 g/mol. The van der Waals surface area contributed by atoms with Gasteiger partial charge in [0, 0.05) is 18.8 Å². The van der Waals surface area contributed by atoms with Gasteiger partial charge in [-0.3, -0.25) is 14.4 Å². The van der Waals surface area contributed by atoms with Crippen molar-refractivity contribution >= 4 is 17.5 Å². The third kappa shape index (κ3) is 2.44. The van der Waals surface area contributed by atoms with Gasteiger partial charge in [-0.1, -0.05) is 19.4 Å². The van der Waals surface area contributed by atoms with Gasteiger partial charge in [0.05, 0.1) is 0 Å². The van der Waals surface area contributed by atoms with Crippen LogP contribution < -0.4 is 0 Å². The molecule has 6 atom stereocenters. The zero-order valence-electron chi connectivity index (χ0n) is 17.1. The minimum absolute atomic E-state index is 0.00650. The van der Waals surface area contributed by atoms with E-state index < -0.39 is 5.60 Å². The molecule has 4 heteroatoms. The van der Waals surface area contributed by atoms with Gasteiger partial charge in [0.1, 0.15) is 0 Å². The van der Waals surface area contributed by atoms with Crippen LogP contribution in [0.25, 0.3) is 0 Å². The van der Waals surface area contributed by atoms with Crippen molar-refractivity contribution in [2.24, 2.45) is 28.6 Å². The molecule has 4 rings (SSSR count). The molecular weight excluding hydrogens is 340 g/mol. The molecule has 0 unspecified atom stereocenters. The first-order chi connectivity index (χ1) is 12.6. The minimum atomic E-state index is -0.950.